The molecule has 0 saturated carbocycles. The van der Waals surface area contributed by atoms with Gasteiger partial charge in [0.1, 0.15) is 5.75 Å². The fourth-order valence-corrected chi connectivity index (χ4v) is 4.91. The van der Waals surface area contributed by atoms with E-state index in [0.717, 1.165) is 28.8 Å². The fraction of sp³-hybridized carbons (Fsp3) is 0.222. The molecule has 0 aliphatic carbocycles. The Kier molecular flexibility index (Phi) is 7.73. The fourth-order valence-electron chi connectivity index (χ4n) is 4.16. The zero-order valence-corrected chi connectivity index (χ0v) is 21.2. The van der Waals surface area contributed by atoms with Gasteiger partial charge in [-0.15, -0.1) is 0 Å². The van der Waals surface area contributed by atoms with E-state index in [9.17, 15) is 19.6 Å². The van der Waals surface area contributed by atoms with Gasteiger partial charge in [0.05, 0.1) is 55.1 Å². The third kappa shape index (κ3) is 5.27. The molecular formula is C27H22ClN3O4S. The summed E-state index contributed by atoms with van der Waals surface area (Å²) in [7, 11) is 1.47. The summed E-state index contributed by atoms with van der Waals surface area (Å²) in [5, 5.41) is 9.94. The highest BCUT2D eigenvalue weighted by atomic mass is 35.5. The van der Waals surface area contributed by atoms with Crippen molar-refractivity contribution in [1.82, 2.24) is 4.57 Å². The van der Waals surface area contributed by atoms with Crippen molar-refractivity contribution in [2.24, 2.45) is 4.40 Å². The lowest BCUT2D eigenvalue weighted by Gasteiger charge is -2.20. The van der Waals surface area contributed by atoms with Crippen molar-refractivity contribution in [3.8, 4) is 22.9 Å². The minimum absolute atomic E-state index is 0.0149. The summed E-state index contributed by atoms with van der Waals surface area (Å²) in [5.74, 6) is 0.236. The summed E-state index contributed by atoms with van der Waals surface area (Å²) < 4.78 is 11.1. The Bertz CT molecular complexity index is 1470. The number of halogens is 1. The van der Waals surface area contributed by atoms with Crippen LogP contribution in [-0.2, 0) is 16.0 Å². The molecule has 3 aromatic rings. The van der Waals surface area contributed by atoms with E-state index < -0.39 is 6.04 Å². The van der Waals surface area contributed by atoms with Crippen molar-refractivity contribution in [1.29, 1.82) is 5.26 Å². The maximum atomic E-state index is 13.2. The van der Waals surface area contributed by atoms with E-state index in [0.29, 0.717) is 40.3 Å². The van der Waals surface area contributed by atoms with Gasteiger partial charge in [-0.1, -0.05) is 42.8 Å². The van der Waals surface area contributed by atoms with Gasteiger partial charge in [0.25, 0.3) is 5.56 Å². The summed E-state index contributed by atoms with van der Waals surface area (Å²) in [6.07, 6.45) is 2.37. The number of hydrogen-bond donors (Lipinski definition) is 0. The molecule has 1 aliphatic rings. The minimum Gasteiger partial charge on any atom is -0.495 e. The second-order valence-corrected chi connectivity index (χ2v) is 9.50. The number of pyridine rings is 1. The number of rotatable bonds is 8. The normalized spacial score (nSPS) is 13.7. The maximum absolute atomic E-state index is 13.2. The van der Waals surface area contributed by atoms with E-state index in [4.69, 9.17) is 16.3 Å². The Labute approximate surface area is 217 Å². The van der Waals surface area contributed by atoms with E-state index in [2.05, 4.69) is 10.5 Å². The lowest BCUT2D eigenvalue weighted by Crippen LogP contribution is -2.30. The van der Waals surface area contributed by atoms with Crippen molar-refractivity contribution in [3.63, 3.8) is 0 Å². The van der Waals surface area contributed by atoms with Gasteiger partial charge < -0.3 is 9.30 Å². The molecule has 2 aromatic carbocycles. The van der Waals surface area contributed by atoms with Crippen LogP contribution in [0.15, 0.2) is 63.9 Å². The lowest BCUT2D eigenvalue weighted by molar-refractivity contribution is -0.121. The van der Waals surface area contributed by atoms with Crippen LogP contribution in [0.1, 0.15) is 42.5 Å². The van der Waals surface area contributed by atoms with Crippen LogP contribution < -0.4 is 10.3 Å². The lowest BCUT2D eigenvalue weighted by atomic mass is 9.98. The van der Waals surface area contributed by atoms with Crippen molar-refractivity contribution in [3.05, 3.63) is 86.8 Å². The molecule has 1 unspecified atom stereocenters. The number of Topliss-reactive ketones (excluding diaryl/α,β-unsaturated/α-hetero) is 1. The monoisotopic (exact) mass is 519 g/mol. The molecule has 36 heavy (non-hydrogen) atoms. The van der Waals surface area contributed by atoms with Crippen molar-refractivity contribution in [2.45, 2.75) is 32.2 Å². The minimum atomic E-state index is -0.692. The molecule has 7 nitrogen and oxygen atoms in total. The molecule has 0 N–H and O–H groups in total. The topological polar surface area (TPSA) is 102 Å². The number of methoxy groups -OCH3 is 1. The molecule has 0 spiro atoms. The summed E-state index contributed by atoms with van der Waals surface area (Å²) in [6, 6.07) is 15.0. The second kappa shape index (κ2) is 10.9. The van der Waals surface area contributed by atoms with Crippen molar-refractivity contribution >= 4 is 40.2 Å². The number of aromatic nitrogens is 1. The van der Waals surface area contributed by atoms with Crippen LogP contribution in [0, 0.1) is 11.3 Å². The third-order valence-corrected chi connectivity index (χ3v) is 6.88. The molecule has 0 amide bonds. The van der Waals surface area contributed by atoms with Crippen LogP contribution in [0.5, 0.6) is 5.75 Å². The van der Waals surface area contributed by atoms with Gasteiger partial charge in [0.2, 0.25) is 5.12 Å². The van der Waals surface area contributed by atoms with E-state index in [-0.39, 0.29) is 22.9 Å². The molecule has 4 rings (SSSR count). The Morgan fingerprint density at radius 1 is 1.19 bits per heavy atom. The smallest absolute Gasteiger partial charge is 0.252 e. The van der Waals surface area contributed by atoms with E-state index in [1.165, 1.54) is 23.9 Å². The molecule has 0 bridgehead atoms. The Morgan fingerprint density at radius 3 is 2.56 bits per heavy atom. The van der Waals surface area contributed by atoms with E-state index >= 15 is 0 Å². The van der Waals surface area contributed by atoms with E-state index in [1.54, 1.807) is 18.2 Å². The molecular weight excluding hydrogens is 498 g/mol. The number of ether oxygens (including phenoxy) is 1. The number of benzene rings is 2. The molecule has 0 saturated heterocycles. The Balaban J connectivity index is 1.61. The average Bonchev–Trinajstić information content (AvgIpc) is 3.31. The number of hydrogen-bond acceptors (Lipinski definition) is 7. The van der Waals surface area contributed by atoms with Gasteiger partial charge >= 0.3 is 0 Å². The first kappa shape index (κ1) is 25.4. The van der Waals surface area contributed by atoms with Crippen LogP contribution in [0.4, 0.5) is 0 Å². The Hall–Kier alpha value is -3.67. The first-order valence-electron chi connectivity index (χ1n) is 11.2. The molecule has 9 heteroatoms. The van der Waals surface area contributed by atoms with Crippen LogP contribution in [0.25, 0.3) is 11.1 Å². The molecule has 2 heterocycles. The quantitative estimate of drug-likeness (QED) is 0.380. The van der Waals surface area contributed by atoms with Crippen LogP contribution >= 0.6 is 23.5 Å². The summed E-state index contributed by atoms with van der Waals surface area (Å²) in [4.78, 5) is 37.8. The van der Waals surface area contributed by atoms with Crippen LogP contribution in [0.2, 0.25) is 5.02 Å². The molecule has 182 valence electrons. The van der Waals surface area contributed by atoms with Crippen molar-refractivity contribution in [2.75, 3.05) is 7.11 Å². The molecule has 0 fully saturated rings. The summed E-state index contributed by atoms with van der Waals surface area (Å²) in [6.45, 7) is 1.84. The van der Waals surface area contributed by atoms with Gasteiger partial charge in [-0.3, -0.25) is 14.4 Å². The van der Waals surface area contributed by atoms with Crippen molar-refractivity contribution < 1.29 is 14.3 Å². The SMILES string of the molecule is CCC(C(=O)Cc1ccc(C2=NSC(=O)C2)cc1)n1cc(OC)c(-c2cc(Cl)ccc2C#N)cc1=O. The first-order valence-corrected chi connectivity index (χ1v) is 12.4. The number of nitriles is 1. The molecule has 1 atom stereocenters. The number of carbonyl (C=O) groups excluding carboxylic acids is 2. The Morgan fingerprint density at radius 2 is 1.94 bits per heavy atom. The number of nitrogens with zero attached hydrogens (tertiary/aromatic N) is 3. The first-order chi connectivity index (χ1) is 17.3. The maximum Gasteiger partial charge on any atom is 0.252 e. The second-order valence-electron chi connectivity index (χ2n) is 8.24. The van der Waals surface area contributed by atoms with Gasteiger partial charge in [0.15, 0.2) is 5.78 Å². The zero-order valence-electron chi connectivity index (χ0n) is 19.7. The highest BCUT2D eigenvalue weighted by molar-refractivity contribution is 8.13. The molecule has 1 aromatic heterocycles. The third-order valence-electron chi connectivity index (χ3n) is 5.99. The van der Waals surface area contributed by atoms with Crippen LogP contribution in [-0.4, -0.2) is 28.3 Å². The van der Waals surface area contributed by atoms with Crippen LogP contribution in [0.3, 0.4) is 0 Å². The van der Waals surface area contributed by atoms with E-state index in [1.807, 2.05) is 31.2 Å². The molecule has 1 aliphatic heterocycles. The highest BCUT2D eigenvalue weighted by Gasteiger charge is 2.23. The van der Waals surface area contributed by atoms with Gasteiger partial charge in [-0.25, -0.2) is 4.40 Å². The standard InChI is InChI=1S/C27H22ClN3O4S/c1-3-23(24(32)10-16-4-6-17(7-5-16)22-13-27(34)36-30-22)31-15-25(35-2)21(12-26(31)33)20-11-19(28)9-8-18(20)14-29/h4-9,11-12,15,23H,3,10,13H2,1-2H3. The average molecular weight is 520 g/mol. The largest absolute Gasteiger partial charge is 0.495 e. The highest BCUT2D eigenvalue weighted by Crippen LogP contribution is 2.33. The molecule has 0 radical (unpaired) electrons. The van der Waals surface area contributed by atoms with Gasteiger partial charge in [-0.05, 0) is 35.7 Å². The number of ketones is 1. The van der Waals surface area contributed by atoms with Gasteiger partial charge in [0, 0.05) is 28.6 Å². The number of carbonyl (C=O) groups is 2. The van der Waals surface area contributed by atoms with Gasteiger partial charge in [-0.2, -0.15) is 5.26 Å². The zero-order chi connectivity index (χ0) is 25.8. The predicted octanol–water partition coefficient (Wildman–Crippen LogP) is 5.18. The summed E-state index contributed by atoms with van der Waals surface area (Å²) in [5.41, 5.74) is 3.27. The predicted molar refractivity (Wildman–Crippen MR) is 141 cm³/mol. The summed E-state index contributed by atoms with van der Waals surface area (Å²) >= 11 is 7.09.